The molecule has 3 aromatic rings. The number of phosphoric ester groups is 1. The molecule has 2 aromatic carbocycles. The Labute approximate surface area is 280 Å². The Kier molecular flexibility index (Phi) is 17.8. The van der Waals surface area contributed by atoms with Crippen LogP contribution < -0.4 is 28.6 Å². The lowest BCUT2D eigenvalue weighted by molar-refractivity contribution is -0.683. The first-order valence-electron chi connectivity index (χ1n) is 17.1. The van der Waals surface area contributed by atoms with Crippen molar-refractivity contribution in [3.63, 3.8) is 0 Å². The van der Waals surface area contributed by atoms with E-state index in [4.69, 9.17) is 13.8 Å². The van der Waals surface area contributed by atoms with Crippen molar-refractivity contribution in [3.8, 4) is 17.2 Å². The van der Waals surface area contributed by atoms with E-state index in [2.05, 4.69) is 12.2 Å². The van der Waals surface area contributed by atoms with Gasteiger partial charge < -0.3 is 24.0 Å². The molecule has 0 saturated heterocycles. The van der Waals surface area contributed by atoms with E-state index < -0.39 is 13.9 Å². The van der Waals surface area contributed by atoms with Crippen LogP contribution in [0.4, 0.5) is 4.79 Å². The number of nitrogens with one attached hydrogen (secondary N) is 1. The largest absolute Gasteiger partial charge is 0.736 e. The van der Waals surface area contributed by atoms with Crippen LogP contribution in [0.15, 0.2) is 59.6 Å². The predicted molar refractivity (Wildman–Crippen MR) is 184 cm³/mol. The average molecular weight is 673 g/mol. The molecule has 1 atom stereocenters. The van der Waals surface area contributed by atoms with Crippen LogP contribution in [0.2, 0.25) is 0 Å². The van der Waals surface area contributed by atoms with E-state index in [1.54, 1.807) is 48.6 Å². The third-order valence-corrected chi connectivity index (χ3v) is 9.48. The highest BCUT2D eigenvalue weighted by Crippen LogP contribution is 2.43. The van der Waals surface area contributed by atoms with Gasteiger partial charge in [0.25, 0.3) is 0 Å². The monoisotopic (exact) mass is 672 g/mol. The van der Waals surface area contributed by atoms with Gasteiger partial charge in [0.05, 0.1) is 5.38 Å². The molecular weight excluding hydrogens is 619 g/mol. The molecule has 3 rings (SSSR count). The van der Waals surface area contributed by atoms with E-state index >= 15 is 0 Å². The van der Waals surface area contributed by atoms with Gasteiger partial charge in [0.15, 0.2) is 12.7 Å². The van der Waals surface area contributed by atoms with E-state index in [9.17, 15) is 14.3 Å². The van der Waals surface area contributed by atoms with Gasteiger partial charge in [-0.1, -0.05) is 133 Å². The summed E-state index contributed by atoms with van der Waals surface area (Å²) in [5.41, 5.74) is 3.23. The summed E-state index contributed by atoms with van der Waals surface area (Å²) in [4.78, 5) is 25.1. The molecule has 0 aliphatic rings. The molecular formula is C36H53N2O6PS. The minimum Gasteiger partial charge on any atom is -0.736 e. The number of benzene rings is 2. The average Bonchev–Trinajstić information content (AvgIpc) is 3.53. The molecule has 1 aromatic heterocycles. The number of carbonyl (C=O) groups is 1. The number of carbonyl (C=O) groups excluding carboxylic acids is 1. The summed E-state index contributed by atoms with van der Waals surface area (Å²) in [6, 6.07) is 11.5. The lowest BCUT2D eigenvalue weighted by Crippen LogP contribution is -2.30. The van der Waals surface area contributed by atoms with Gasteiger partial charge in [-0.15, -0.1) is 0 Å². The lowest BCUT2D eigenvalue weighted by atomic mass is 10.0. The molecule has 46 heavy (non-hydrogen) atoms. The molecule has 1 unspecified atom stereocenters. The molecule has 0 bridgehead atoms. The minimum absolute atomic E-state index is 0.0337. The van der Waals surface area contributed by atoms with E-state index in [1.807, 2.05) is 27.7 Å². The quantitative estimate of drug-likeness (QED) is 0.0578. The Morgan fingerprint density at radius 1 is 0.826 bits per heavy atom. The molecule has 8 nitrogen and oxygen atoms in total. The van der Waals surface area contributed by atoms with Crippen molar-refractivity contribution in [2.45, 2.75) is 123 Å². The number of thiazole rings is 1. The van der Waals surface area contributed by atoms with Gasteiger partial charge in [0, 0.05) is 17.7 Å². The second-order valence-corrected chi connectivity index (χ2v) is 14.0. The summed E-state index contributed by atoms with van der Waals surface area (Å²) < 4.78 is 30.7. The third-order valence-electron chi connectivity index (χ3n) is 7.95. The third kappa shape index (κ3) is 15.6. The number of phosphoric acid groups is 1. The fourth-order valence-electron chi connectivity index (χ4n) is 5.33. The fourth-order valence-corrected chi connectivity index (χ4v) is 6.78. The summed E-state index contributed by atoms with van der Waals surface area (Å²) in [5, 5.41) is 4.75. The summed E-state index contributed by atoms with van der Waals surface area (Å²) in [6.45, 7) is 5.01. The Hall–Kier alpha value is -2.87. The normalized spacial score (nSPS) is 12.4. The van der Waals surface area contributed by atoms with Crippen LogP contribution in [-0.4, -0.2) is 12.6 Å². The van der Waals surface area contributed by atoms with Crippen LogP contribution in [0.1, 0.15) is 121 Å². The van der Waals surface area contributed by atoms with Crippen molar-refractivity contribution >= 4 is 25.3 Å². The highest BCUT2D eigenvalue weighted by atomic mass is 32.1. The smallest absolute Gasteiger partial charge is 0.412 e. The molecule has 10 heteroatoms. The predicted octanol–water partition coefficient (Wildman–Crippen LogP) is 9.67. The van der Waals surface area contributed by atoms with Gasteiger partial charge in [-0.25, -0.2) is 9.36 Å². The van der Waals surface area contributed by atoms with Crippen molar-refractivity contribution in [2.75, 3.05) is 6.54 Å². The maximum atomic E-state index is 12.7. The molecule has 0 saturated carbocycles. The van der Waals surface area contributed by atoms with Crippen LogP contribution in [0, 0.1) is 6.92 Å². The summed E-state index contributed by atoms with van der Waals surface area (Å²) in [5.74, 6) is 0.411. The SMILES string of the molecule is CCCCCCCCCCCCCCCCCCNC(=O)Oc1cccc(OP(=O)([O-])Oc2cccc(C[n+]3ccsc3)c2)c1C. The second kappa shape index (κ2) is 21.8. The van der Waals surface area contributed by atoms with Crippen LogP contribution in [-0.2, 0) is 11.1 Å². The standard InChI is InChI=1S/C36H53N2O6PS/c1-3-4-5-6-7-8-9-10-11-12-13-14-15-16-17-18-25-37-36(39)42-34-23-20-24-35(31(34)2)44-45(40,41)43-33-22-19-21-32(28-33)29-38-26-27-46-30-38/h19-24,26-28,30H,3-18,25,29H2,1-2H3,(H-,37,39,40,41). The molecule has 254 valence electrons. The maximum Gasteiger partial charge on any atom is 0.412 e. The van der Waals surface area contributed by atoms with Crippen LogP contribution in [0.25, 0.3) is 0 Å². The van der Waals surface area contributed by atoms with Crippen molar-refractivity contribution in [2.24, 2.45) is 0 Å². The Morgan fingerprint density at radius 2 is 1.41 bits per heavy atom. The molecule has 0 radical (unpaired) electrons. The molecule has 0 aliphatic heterocycles. The molecule has 1 N–H and O–H groups in total. The topological polar surface area (TPSA) is 101 Å². The van der Waals surface area contributed by atoms with Crippen molar-refractivity contribution in [3.05, 3.63) is 70.7 Å². The Morgan fingerprint density at radius 3 is 2.02 bits per heavy atom. The number of hydrogen-bond acceptors (Lipinski definition) is 7. The van der Waals surface area contributed by atoms with E-state index in [1.165, 1.54) is 96.0 Å². The fraction of sp³-hybridized carbons (Fsp3) is 0.556. The number of hydrogen-bond donors (Lipinski definition) is 1. The highest BCUT2D eigenvalue weighted by Gasteiger charge is 2.18. The van der Waals surface area contributed by atoms with Crippen molar-refractivity contribution < 1.29 is 32.6 Å². The van der Waals surface area contributed by atoms with Crippen LogP contribution in [0.3, 0.4) is 0 Å². The summed E-state index contributed by atoms with van der Waals surface area (Å²) in [6.07, 6.45) is 22.1. The lowest BCUT2D eigenvalue weighted by Gasteiger charge is -2.25. The van der Waals surface area contributed by atoms with Gasteiger partial charge in [0.1, 0.15) is 17.2 Å². The molecule has 0 spiro atoms. The Balaban J connectivity index is 1.27. The molecule has 0 fully saturated rings. The number of aromatic nitrogens is 1. The highest BCUT2D eigenvalue weighted by molar-refractivity contribution is 7.46. The first-order chi connectivity index (χ1) is 22.4. The molecule has 1 heterocycles. The zero-order chi connectivity index (χ0) is 32.9. The maximum absolute atomic E-state index is 12.7. The van der Waals surface area contributed by atoms with E-state index in [-0.39, 0.29) is 17.2 Å². The van der Waals surface area contributed by atoms with Crippen LogP contribution in [0.5, 0.6) is 17.2 Å². The number of nitrogens with zero attached hydrogens (tertiary/aromatic N) is 1. The van der Waals surface area contributed by atoms with Crippen molar-refractivity contribution in [1.82, 2.24) is 5.32 Å². The zero-order valence-corrected chi connectivity index (χ0v) is 29.5. The first-order valence-corrected chi connectivity index (χ1v) is 19.5. The van der Waals surface area contributed by atoms with Gasteiger partial charge in [0.2, 0.25) is 5.51 Å². The molecule has 1 amide bonds. The van der Waals surface area contributed by atoms with Gasteiger partial charge >= 0.3 is 13.9 Å². The van der Waals surface area contributed by atoms with Gasteiger partial charge in [-0.3, -0.25) is 0 Å². The zero-order valence-electron chi connectivity index (χ0n) is 27.8. The number of unbranched alkanes of at least 4 members (excludes halogenated alkanes) is 15. The van der Waals surface area contributed by atoms with Gasteiger partial charge in [-0.2, -0.15) is 4.57 Å². The van der Waals surface area contributed by atoms with Crippen molar-refractivity contribution in [1.29, 1.82) is 0 Å². The summed E-state index contributed by atoms with van der Waals surface area (Å²) in [7, 11) is -4.77. The first kappa shape index (κ1) is 37.6. The van der Waals surface area contributed by atoms with E-state index in [0.717, 1.165) is 18.4 Å². The molecule has 0 aliphatic carbocycles. The van der Waals surface area contributed by atoms with E-state index in [0.29, 0.717) is 18.7 Å². The summed E-state index contributed by atoms with van der Waals surface area (Å²) >= 11 is 1.57. The van der Waals surface area contributed by atoms with Crippen LogP contribution >= 0.6 is 19.2 Å². The number of rotatable bonds is 24. The second-order valence-electron chi connectivity index (χ2n) is 12.0. The number of amides is 1. The minimum atomic E-state index is -4.77. The number of ether oxygens (including phenoxy) is 1. The van der Waals surface area contributed by atoms with Gasteiger partial charge in [-0.05, 0) is 37.6 Å². The Bertz CT molecular complexity index is 1320.